The fraction of sp³-hybridized carbons (Fsp3) is 0.600. The van der Waals surface area contributed by atoms with Crippen LogP contribution >= 0.6 is 24.0 Å². The molecule has 1 unspecified atom stereocenters. The number of amides is 1. The molecule has 1 aliphatic heterocycles. The van der Waals surface area contributed by atoms with E-state index in [1.165, 1.54) is 0 Å². The van der Waals surface area contributed by atoms with Crippen molar-refractivity contribution in [3.05, 3.63) is 35.9 Å². The second-order valence-corrected chi connectivity index (χ2v) is 6.47. The van der Waals surface area contributed by atoms with Crippen molar-refractivity contribution >= 4 is 35.8 Å². The first-order chi connectivity index (χ1) is 13.3. The maximum Gasteiger partial charge on any atom is 0.251 e. The van der Waals surface area contributed by atoms with Crippen LogP contribution in [0.3, 0.4) is 0 Å². The Kier molecular flexibility index (Phi) is 13.7. The number of carbonyl (C=O) groups is 1. The van der Waals surface area contributed by atoms with Gasteiger partial charge in [-0.2, -0.15) is 0 Å². The largest absolute Gasteiger partial charge is 0.381 e. The first kappa shape index (κ1) is 24.6. The third-order valence-electron chi connectivity index (χ3n) is 4.18. The second kappa shape index (κ2) is 15.5. The van der Waals surface area contributed by atoms with E-state index in [-0.39, 0.29) is 29.9 Å². The molecule has 1 atom stereocenters. The highest BCUT2D eigenvalue weighted by Gasteiger charge is 2.15. The Morgan fingerprint density at radius 3 is 2.71 bits per heavy atom. The standard InChI is InChI=1S/C20H32N4O3.HI/c1-2-21-20(23-10-6-13-26-15-17-9-14-27-16-17)24-12-11-22-19(25)18-7-4-3-5-8-18;/h3-5,7-8,17H,2,6,9-16H2,1H3,(H,22,25)(H2,21,23,24);1H. The average Bonchev–Trinajstić information content (AvgIpc) is 3.21. The van der Waals surface area contributed by atoms with Gasteiger partial charge in [0.1, 0.15) is 0 Å². The predicted octanol–water partition coefficient (Wildman–Crippen LogP) is 2.03. The maximum absolute atomic E-state index is 12.0. The number of ether oxygens (including phenoxy) is 2. The van der Waals surface area contributed by atoms with Crippen LogP contribution in [0.25, 0.3) is 0 Å². The molecule has 158 valence electrons. The Morgan fingerprint density at radius 1 is 1.21 bits per heavy atom. The van der Waals surface area contributed by atoms with Crippen molar-refractivity contribution in [2.45, 2.75) is 19.8 Å². The Morgan fingerprint density at radius 2 is 2.00 bits per heavy atom. The van der Waals surface area contributed by atoms with E-state index < -0.39 is 0 Å². The number of nitrogens with one attached hydrogen (secondary N) is 3. The molecule has 0 bridgehead atoms. The van der Waals surface area contributed by atoms with E-state index in [1.54, 1.807) is 12.1 Å². The molecule has 3 N–H and O–H groups in total. The molecule has 0 aliphatic carbocycles. The van der Waals surface area contributed by atoms with E-state index in [2.05, 4.69) is 20.9 Å². The fourth-order valence-corrected chi connectivity index (χ4v) is 2.71. The molecule has 1 aromatic carbocycles. The molecule has 1 heterocycles. The molecule has 1 fully saturated rings. The highest BCUT2D eigenvalue weighted by atomic mass is 127. The smallest absolute Gasteiger partial charge is 0.251 e. The number of nitrogens with zero attached hydrogens (tertiary/aromatic N) is 1. The zero-order chi connectivity index (χ0) is 19.2. The van der Waals surface area contributed by atoms with Crippen molar-refractivity contribution in [2.24, 2.45) is 10.9 Å². The number of aliphatic imine (C=N–C) groups is 1. The van der Waals surface area contributed by atoms with Gasteiger partial charge in [0.15, 0.2) is 5.96 Å². The van der Waals surface area contributed by atoms with Crippen LogP contribution in [-0.2, 0) is 9.47 Å². The van der Waals surface area contributed by atoms with Gasteiger partial charge in [-0.15, -0.1) is 24.0 Å². The van der Waals surface area contributed by atoms with Gasteiger partial charge in [0.2, 0.25) is 0 Å². The molecule has 28 heavy (non-hydrogen) atoms. The molecular weight excluding hydrogens is 471 g/mol. The third-order valence-corrected chi connectivity index (χ3v) is 4.18. The summed E-state index contributed by atoms with van der Waals surface area (Å²) in [7, 11) is 0. The SMILES string of the molecule is CCNC(=NCCCOCC1CCOC1)NCCNC(=O)c1ccccc1.I. The van der Waals surface area contributed by atoms with Crippen LogP contribution < -0.4 is 16.0 Å². The molecule has 0 radical (unpaired) electrons. The Hall–Kier alpha value is -1.39. The maximum atomic E-state index is 12.0. The third kappa shape index (κ3) is 10.2. The van der Waals surface area contributed by atoms with Crippen LogP contribution in [0.5, 0.6) is 0 Å². The van der Waals surface area contributed by atoms with Crippen LogP contribution in [-0.4, -0.2) is 64.5 Å². The summed E-state index contributed by atoms with van der Waals surface area (Å²) in [5.74, 6) is 1.25. The molecule has 1 aromatic rings. The number of hydrogen-bond donors (Lipinski definition) is 3. The average molecular weight is 504 g/mol. The lowest BCUT2D eigenvalue weighted by atomic mass is 10.1. The second-order valence-electron chi connectivity index (χ2n) is 6.47. The van der Waals surface area contributed by atoms with Gasteiger partial charge in [-0.3, -0.25) is 9.79 Å². The van der Waals surface area contributed by atoms with E-state index >= 15 is 0 Å². The highest BCUT2D eigenvalue weighted by Crippen LogP contribution is 2.12. The van der Waals surface area contributed by atoms with Crippen molar-refractivity contribution in [2.75, 3.05) is 52.6 Å². The Balaban J connectivity index is 0.00000392. The zero-order valence-electron chi connectivity index (χ0n) is 16.6. The van der Waals surface area contributed by atoms with Gasteiger partial charge in [-0.1, -0.05) is 18.2 Å². The van der Waals surface area contributed by atoms with Crippen LogP contribution in [0.4, 0.5) is 0 Å². The Labute approximate surface area is 185 Å². The van der Waals surface area contributed by atoms with Gasteiger partial charge in [0.25, 0.3) is 5.91 Å². The molecule has 0 spiro atoms. The monoisotopic (exact) mass is 504 g/mol. The van der Waals surface area contributed by atoms with Gasteiger partial charge in [0.05, 0.1) is 13.2 Å². The molecule has 0 aromatic heterocycles. The molecule has 8 heteroatoms. The van der Waals surface area contributed by atoms with Crippen molar-refractivity contribution in [3.63, 3.8) is 0 Å². The lowest BCUT2D eigenvalue weighted by molar-refractivity contribution is 0.0893. The molecule has 7 nitrogen and oxygen atoms in total. The summed E-state index contributed by atoms with van der Waals surface area (Å²) in [5, 5.41) is 9.33. The summed E-state index contributed by atoms with van der Waals surface area (Å²) in [6, 6.07) is 9.21. The summed E-state index contributed by atoms with van der Waals surface area (Å²) in [6.07, 6.45) is 1.99. The van der Waals surface area contributed by atoms with Gasteiger partial charge in [-0.25, -0.2) is 0 Å². The van der Waals surface area contributed by atoms with Crippen LogP contribution in [0, 0.1) is 5.92 Å². The summed E-state index contributed by atoms with van der Waals surface area (Å²) in [4.78, 5) is 16.5. The van der Waals surface area contributed by atoms with Crippen molar-refractivity contribution in [1.82, 2.24) is 16.0 Å². The number of carbonyl (C=O) groups excluding carboxylic acids is 1. The first-order valence-electron chi connectivity index (χ1n) is 9.80. The number of benzene rings is 1. The van der Waals surface area contributed by atoms with Crippen LogP contribution in [0.15, 0.2) is 35.3 Å². The van der Waals surface area contributed by atoms with Crippen molar-refractivity contribution in [1.29, 1.82) is 0 Å². The lowest BCUT2D eigenvalue weighted by Gasteiger charge is -2.12. The van der Waals surface area contributed by atoms with E-state index in [4.69, 9.17) is 9.47 Å². The highest BCUT2D eigenvalue weighted by molar-refractivity contribution is 14.0. The van der Waals surface area contributed by atoms with E-state index in [9.17, 15) is 4.79 Å². The summed E-state index contributed by atoms with van der Waals surface area (Å²) >= 11 is 0. The topological polar surface area (TPSA) is 84.0 Å². The number of halogens is 1. The molecule has 1 aliphatic rings. The predicted molar refractivity (Wildman–Crippen MR) is 123 cm³/mol. The minimum atomic E-state index is -0.0656. The molecule has 1 amide bonds. The lowest BCUT2D eigenvalue weighted by Crippen LogP contribution is -2.41. The fourth-order valence-electron chi connectivity index (χ4n) is 2.71. The van der Waals surface area contributed by atoms with Crippen LogP contribution in [0.2, 0.25) is 0 Å². The quantitative estimate of drug-likeness (QED) is 0.186. The van der Waals surface area contributed by atoms with Gasteiger partial charge >= 0.3 is 0 Å². The van der Waals surface area contributed by atoms with Gasteiger partial charge < -0.3 is 25.4 Å². The molecular formula is C20H33IN4O3. The Bertz CT molecular complexity index is 566. The van der Waals surface area contributed by atoms with E-state index in [0.717, 1.165) is 45.2 Å². The summed E-state index contributed by atoms with van der Waals surface area (Å²) < 4.78 is 11.0. The van der Waals surface area contributed by atoms with Crippen molar-refractivity contribution in [3.8, 4) is 0 Å². The minimum Gasteiger partial charge on any atom is -0.381 e. The molecule has 2 rings (SSSR count). The summed E-state index contributed by atoms with van der Waals surface area (Å²) in [6.45, 7) is 7.85. The zero-order valence-corrected chi connectivity index (χ0v) is 18.9. The molecule has 0 saturated carbocycles. The number of hydrogen-bond acceptors (Lipinski definition) is 4. The summed E-state index contributed by atoms with van der Waals surface area (Å²) in [5.41, 5.74) is 0.669. The van der Waals surface area contributed by atoms with Gasteiger partial charge in [0, 0.05) is 50.9 Å². The number of rotatable bonds is 11. The molecule has 1 saturated heterocycles. The van der Waals surface area contributed by atoms with E-state index in [0.29, 0.717) is 37.7 Å². The van der Waals surface area contributed by atoms with Crippen LogP contribution in [0.1, 0.15) is 30.1 Å². The van der Waals surface area contributed by atoms with Gasteiger partial charge in [-0.05, 0) is 31.9 Å². The first-order valence-corrected chi connectivity index (χ1v) is 9.80. The minimum absolute atomic E-state index is 0. The van der Waals surface area contributed by atoms with Crippen molar-refractivity contribution < 1.29 is 14.3 Å². The van der Waals surface area contributed by atoms with E-state index in [1.807, 2.05) is 25.1 Å². The normalized spacial score (nSPS) is 16.3. The number of guanidine groups is 1.